The van der Waals surface area contributed by atoms with Gasteiger partial charge in [0.05, 0.1) is 14.2 Å². The quantitative estimate of drug-likeness (QED) is 0.872. The molecule has 94 valence electrons. The van der Waals surface area contributed by atoms with Crippen LogP contribution in [0.3, 0.4) is 0 Å². The number of benzene rings is 1. The molecule has 1 aromatic carbocycles. The molecular weight excluding hydrogens is 214 g/mol. The standard InChI is InChI=1S/C14H21NO2/c1-9-7-12(16-3)10(2)14(17-4)13(9)11-5-6-15-8-11/h7,11,15H,5-6,8H2,1-4H3. The Morgan fingerprint density at radius 3 is 2.53 bits per heavy atom. The Kier molecular flexibility index (Phi) is 3.57. The number of hydrogen-bond donors (Lipinski definition) is 1. The zero-order valence-electron chi connectivity index (χ0n) is 11.1. The molecule has 0 spiro atoms. The van der Waals surface area contributed by atoms with Gasteiger partial charge >= 0.3 is 0 Å². The second-order valence-electron chi connectivity index (χ2n) is 4.66. The number of ether oxygens (including phenoxy) is 2. The predicted molar refractivity (Wildman–Crippen MR) is 69.2 cm³/mol. The Balaban J connectivity index is 2.52. The lowest BCUT2D eigenvalue weighted by Crippen LogP contribution is -2.10. The van der Waals surface area contributed by atoms with E-state index in [-0.39, 0.29) is 0 Å². The topological polar surface area (TPSA) is 30.5 Å². The third kappa shape index (κ3) is 2.12. The molecule has 0 radical (unpaired) electrons. The van der Waals surface area contributed by atoms with Crippen molar-refractivity contribution in [2.75, 3.05) is 27.3 Å². The van der Waals surface area contributed by atoms with Crippen LogP contribution >= 0.6 is 0 Å². The number of methoxy groups -OCH3 is 2. The molecule has 0 saturated carbocycles. The van der Waals surface area contributed by atoms with Crippen LogP contribution < -0.4 is 14.8 Å². The monoisotopic (exact) mass is 235 g/mol. The zero-order valence-corrected chi connectivity index (χ0v) is 11.1. The second-order valence-corrected chi connectivity index (χ2v) is 4.66. The smallest absolute Gasteiger partial charge is 0.129 e. The lowest BCUT2D eigenvalue weighted by atomic mass is 9.91. The number of aryl methyl sites for hydroxylation is 1. The Labute approximate surface area is 103 Å². The summed E-state index contributed by atoms with van der Waals surface area (Å²) in [5.41, 5.74) is 3.70. The molecule has 0 bridgehead atoms. The van der Waals surface area contributed by atoms with Crippen LogP contribution in [0.2, 0.25) is 0 Å². The SMILES string of the molecule is COc1cc(C)c(C2CCNC2)c(OC)c1C. The maximum absolute atomic E-state index is 5.60. The Hall–Kier alpha value is -1.22. The van der Waals surface area contributed by atoms with Crippen LogP contribution in [-0.2, 0) is 0 Å². The fourth-order valence-electron chi connectivity index (χ4n) is 2.76. The second kappa shape index (κ2) is 4.96. The average molecular weight is 235 g/mol. The maximum Gasteiger partial charge on any atom is 0.129 e. The minimum absolute atomic E-state index is 0.564. The van der Waals surface area contributed by atoms with Crippen molar-refractivity contribution >= 4 is 0 Å². The van der Waals surface area contributed by atoms with Gasteiger partial charge in [0.2, 0.25) is 0 Å². The summed E-state index contributed by atoms with van der Waals surface area (Å²) in [5.74, 6) is 2.47. The predicted octanol–water partition coefficient (Wildman–Crippen LogP) is 2.40. The van der Waals surface area contributed by atoms with Gasteiger partial charge in [0, 0.05) is 23.6 Å². The van der Waals surface area contributed by atoms with Gasteiger partial charge in [-0.15, -0.1) is 0 Å². The van der Waals surface area contributed by atoms with Crippen LogP contribution in [0.1, 0.15) is 29.0 Å². The van der Waals surface area contributed by atoms with E-state index in [0.29, 0.717) is 5.92 Å². The van der Waals surface area contributed by atoms with Crippen LogP contribution in [0, 0.1) is 13.8 Å². The molecule has 2 rings (SSSR count). The minimum atomic E-state index is 0.564. The molecule has 1 aliphatic heterocycles. The molecule has 3 nitrogen and oxygen atoms in total. The van der Waals surface area contributed by atoms with Crippen molar-refractivity contribution in [3.63, 3.8) is 0 Å². The Morgan fingerprint density at radius 1 is 1.24 bits per heavy atom. The molecule has 0 aliphatic carbocycles. The molecular formula is C14H21NO2. The van der Waals surface area contributed by atoms with Crippen LogP contribution in [0.25, 0.3) is 0 Å². The van der Waals surface area contributed by atoms with Gasteiger partial charge in [0.15, 0.2) is 0 Å². The first-order valence-electron chi connectivity index (χ1n) is 6.11. The van der Waals surface area contributed by atoms with Crippen LogP contribution in [0.4, 0.5) is 0 Å². The number of rotatable bonds is 3. The molecule has 1 unspecified atom stereocenters. The van der Waals surface area contributed by atoms with E-state index in [1.165, 1.54) is 17.5 Å². The largest absolute Gasteiger partial charge is 0.496 e. The summed E-state index contributed by atoms with van der Waals surface area (Å²) in [6, 6.07) is 2.12. The van der Waals surface area contributed by atoms with E-state index in [1.54, 1.807) is 14.2 Å². The van der Waals surface area contributed by atoms with E-state index in [4.69, 9.17) is 9.47 Å². The van der Waals surface area contributed by atoms with Crippen molar-refractivity contribution in [1.29, 1.82) is 0 Å². The van der Waals surface area contributed by atoms with Crippen molar-refractivity contribution in [2.24, 2.45) is 0 Å². The molecule has 3 heteroatoms. The summed E-state index contributed by atoms with van der Waals surface area (Å²) in [5, 5.41) is 3.41. The van der Waals surface area contributed by atoms with Gasteiger partial charge in [0.1, 0.15) is 11.5 Å². The molecule has 1 saturated heterocycles. The van der Waals surface area contributed by atoms with Crippen molar-refractivity contribution in [3.05, 3.63) is 22.8 Å². The van der Waals surface area contributed by atoms with E-state index in [2.05, 4.69) is 25.2 Å². The summed E-state index contributed by atoms with van der Waals surface area (Å²) in [6.07, 6.45) is 1.18. The first-order valence-corrected chi connectivity index (χ1v) is 6.11. The first kappa shape index (κ1) is 12.2. The Morgan fingerprint density at radius 2 is 2.00 bits per heavy atom. The summed E-state index contributed by atoms with van der Waals surface area (Å²) >= 11 is 0. The third-order valence-electron chi connectivity index (χ3n) is 3.62. The number of nitrogens with one attached hydrogen (secondary N) is 1. The van der Waals surface area contributed by atoms with E-state index in [9.17, 15) is 0 Å². The lowest BCUT2D eigenvalue weighted by Gasteiger charge is -2.20. The minimum Gasteiger partial charge on any atom is -0.496 e. The molecule has 1 heterocycles. The van der Waals surface area contributed by atoms with Gasteiger partial charge in [-0.25, -0.2) is 0 Å². The molecule has 17 heavy (non-hydrogen) atoms. The first-order chi connectivity index (χ1) is 8.19. The molecule has 1 aromatic rings. The van der Waals surface area contributed by atoms with Crippen molar-refractivity contribution in [2.45, 2.75) is 26.2 Å². The van der Waals surface area contributed by atoms with Gasteiger partial charge in [-0.3, -0.25) is 0 Å². The molecule has 1 atom stereocenters. The van der Waals surface area contributed by atoms with Gasteiger partial charge in [-0.2, -0.15) is 0 Å². The van der Waals surface area contributed by atoms with Gasteiger partial charge < -0.3 is 14.8 Å². The van der Waals surface area contributed by atoms with Gasteiger partial charge in [-0.05, 0) is 38.4 Å². The molecule has 0 amide bonds. The van der Waals surface area contributed by atoms with E-state index >= 15 is 0 Å². The van der Waals surface area contributed by atoms with Gasteiger partial charge in [0.25, 0.3) is 0 Å². The molecule has 0 aromatic heterocycles. The fourth-order valence-corrected chi connectivity index (χ4v) is 2.76. The highest BCUT2D eigenvalue weighted by Gasteiger charge is 2.24. The van der Waals surface area contributed by atoms with Gasteiger partial charge in [-0.1, -0.05) is 0 Å². The average Bonchev–Trinajstić information content (AvgIpc) is 2.84. The summed E-state index contributed by atoms with van der Waals surface area (Å²) in [6.45, 7) is 6.34. The molecule has 1 N–H and O–H groups in total. The highest BCUT2D eigenvalue weighted by molar-refractivity contribution is 5.55. The highest BCUT2D eigenvalue weighted by Crippen LogP contribution is 2.40. The van der Waals surface area contributed by atoms with E-state index in [0.717, 1.165) is 30.2 Å². The van der Waals surface area contributed by atoms with E-state index < -0.39 is 0 Å². The van der Waals surface area contributed by atoms with Crippen molar-refractivity contribution in [3.8, 4) is 11.5 Å². The third-order valence-corrected chi connectivity index (χ3v) is 3.62. The lowest BCUT2D eigenvalue weighted by molar-refractivity contribution is 0.382. The number of hydrogen-bond acceptors (Lipinski definition) is 3. The van der Waals surface area contributed by atoms with Crippen molar-refractivity contribution in [1.82, 2.24) is 5.32 Å². The maximum atomic E-state index is 5.60. The normalized spacial score (nSPS) is 19.4. The Bertz CT molecular complexity index is 409. The summed E-state index contributed by atoms with van der Waals surface area (Å²) in [4.78, 5) is 0. The summed E-state index contributed by atoms with van der Waals surface area (Å²) in [7, 11) is 3.45. The van der Waals surface area contributed by atoms with E-state index in [1.807, 2.05) is 0 Å². The fraction of sp³-hybridized carbons (Fsp3) is 0.571. The van der Waals surface area contributed by atoms with Crippen molar-refractivity contribution < 1.29 is 9.47 Å². The molecule has 1 aliphatic rings. The molecule has 1 fully saturated rings. The van der Waals surface area contributed by atoms with Crippen LogP contribution in [0.15, 0.2) is 6.07 Å². The van der Waals surface area contributed by atoms with Crippen LogP contribution in [-0.4, -0.2) is 27.3 Å². The van der Waals surface area contributed by atoms with Crippen LogP contribution in [0.5, 0.6) is 11.5 Å². The zero-order chi connectivity index (χ0) is 12.4. The highest BCUT2D eigenvalue weighted by atomic mass is 16.5. The summed E-state index contributed by atoms with van der Waals surface area (Å²) < 4.78 is 11.0.